The van der Waals surface area contributed by atoms with Crippen LogP contribution in [0.4, 0.5) is 0 Å². The Morgan fingerprint density at radius 1 is 1.15 bits per heavy atom. The number of carbonyl (C=O) groups is 1. The molecule has 1 aromatic rings. The Morgan fingerprint density at radius 2 is 1.80 bits per heavy atom. The lowest BCUT2D eigenvalue weighted by Crippen LogP contribution is -2.12. The van der Waals surface area contributed by atoms with E-state index in [1.165, 1.54) is 25.7 Å². The number of esters is 1. The molecule has 0 aliphatic rings. The first-order valence-electron chi connectivity index (χ1n) is 7.53. The molecule has 0 aromatic heterocycles. The van der Waals surface area contributed by atoms with Crippen LogP contribution in [0.15, 0.2) is 24.3 Å². The molecule has 20 heavy (non-hydrogen) atoms. The summed E-state index contributed by atoms with van der Waals surface area (Å²) in [6, 6.07) is 7.88. The molecule has 0 saturated heterocycles. The van der Waals surface area contributed by atoms with Crippen LogP contribution in [0.5, 0.6) is 0 Å². The van der Waals surface area contributed by atoms with Gasteiger partial charge in [0, 0.05) is 0 Å². The smallest absolute Gasteiger partial charge is 0.324 e. The van der Waals surface area contributed by atoms with Gasteiger partial charge >= 0.3 is 5.97 Å². The van der Waals surface area contributed by atoms with Crippen molar-refractivity contribution in [3.63, 3.8) is 0 Å². The highest BCUT2D eigenvalue weighted by atomic mass is 79.9. The van der Waals surface area contributed by atoms with E-state index in [1.807, 2.05) is 31.2 Å². The molecule has 2 nitrogen and oxygen atoms in total. The third-order valence-electron chi connectivity index (χ3n) is 3.41. The van der Waals surface area contributed by atoms with Crippen LogP contribution in [0.3, 0.4) is 0 Å². The lowest BCUT2D eigenvalue weighted by Gasteiger charge is -2.12. The monoisotopic (exact) mass is 340 g/mol. The van der Waals surface area contributed by atoms with Crippen LogP contribution in [0, 0.1) is 6.92 Å². The quantitative estimate of drug-likeness (QED) is 0.344. The fourth-order valence-electron chi connectivity index (χ4n) is 2.13. The van der Waals surface area contributed by atoms with Crippen molar-refractivity contribution in [2.24, 2.45) is 0 Å². The number of unbranched alkanes of at least 4 members (excludes halogenated alkanes) is 5. The van der Waals surface area contributed by atoms with Gasteiger partial charge in [0.1, 0.15) is 4.83 Å². The Kier molecular flexibility index (Phi) is 8.59. The maximum Gasteiger partial charge on any atom is 0.324 e. The van der Waals surface area contributed by atoms with E-state index in [0.717, 1.165) is 24.0 Å². The fourth-order valence-corrected chi connectivity index (χ4v) is 2.77. The molecule has 0 spiro atoms. The van der Waals surface area contributed by atoms with Crippen molar-refractivity contribution < 1.29 is 9.53 Å². The first-order valence-corrected chi connectivity index (χ1v) is 8.44. The van der Waals surface area contributed by atoms with Crippen LogP contribution >= 0.6 is 15.9 Å². The molecule has 0 bridgehead atoms. The summed E-state index contributed by atoms with van der Waals surface area (Å²) in [5.74, 6) is -0.187. The number of hydrogen-bond donors (Lipinski definition) is 0. The Balaban J connectivity index is 2.24. The predicted octanol–water partition coefficient (Wildman–Crippen LogP) is 5.33. The van der Waals surface area contributed by atoms with Gasteiger partial charge in [-0.25, -0.2) is 0 Å². The van der Waals surface area contributed by atoms with Crippen LogP contribution in [-0.4, -0.2) is 12.6 Å². The second kappa shape index (κ2) is 9.98. The molecule has 1 unspecified atom stereocenters. The van der Waals surface area contributed by atoms with Crippen LogP contribution in [0.2, 0.25) is 0 Å². The number of aryl methyl sites for hydroxylation is 1. The van der Waals surface area contributed by atoms with E-state index < -0.39 is 0 Å². The average Bonchev–Trinajstić information content (AvgIpc) is 2.46. The highest BCUT2D eigenvalue weighted by Gasteiger charge is 2.19. The third kappa shape index (κ3) is 6.08. The minimum absolute atomic E-state index is 0.187. The summed E-state index contributed by atoms with van der Waals surface area (Å²) >= 11 is 3.43. The predicted molar refractivity (Wildman–Crippen MR) is 87.2 cm³/mol. The minimum Gasteiger partial charge on any atom is -0.465 e. The maximum atomic E-state index is 12.0. The van der Waals surface area contributed by atoms with Gasteiger partial charge in [-0.15, -0.1) is 0 Å². The molecule has 1 atom stereocenters. The van der Waals surface area contributed by atoms with Crippen molar-refractivity contribution in [2.45, 2.75) is 57.2 Å². The van der Waals surface area contributed by atoms with Crippen LogP contribution in [0.25, 0.3) is 0 Å². The lowest BCUT2D eigenvalue weighted by molar-refractivity contribution is -0.143. The van der Waals surface area contributed by atoms with Crippen molar-refractivity contribution in [1.82, 2.24) is 0 Å². The molecule has 0 aliphatic carbocycles. The van der Waals surface area contributed by atoms with Gasteiger partial charge < -0.3 is 4.74 Å². The van der Waals surface area contributed by atoms with Crippen LogP contribution < -0.4 is 0 Å². The van der Waals surface area contributed by atoms with E-state index in [9.17, 15) is 4.79 Å². The summed E-state index contributed by atoms with van der Waals surface area (Å²) in [5, 5.41) is 0. The summed E-state index contributed by atoms with van der Waals surface area (Å²) in [6.07, 6.45) is 7.19. The van der Waals surface area contributed by atoms with E-state index in [4.69, 9.17) is 4.74 Å². The summed E-state index contributed by atoms with van der Waals surface area (Å²) in [5.41, 5.74) is 2.09. The number of ether oxygens (including phenoxy) is 1. The molecule has 3 heteroatoms. The van der Waals surface area contributed by atoms with Crippen LogP contribution in [-0.2, 0) is 9.53 Å². The van der Waals surface area contributed by atoms with Crippen molar-refractivity contribution in [2.75, 3.05) is 6.61 Å². The Bertz CT molecular complexity index is 404. The lowest BCUT2D eigenvalue weighted by atomic mass is 10.1. The Morgan fingerprint density at radius 3 is 2.50 bits per heavy atom. The zero-order valence-corrected chi connectivity index (χ0v) is 14.1. The Hall–Kier alpha value is -0.830. The molecule has 0 amide bonds. The highest BCUT2D eigenvalue weighted by Crippen LogP contribution is 2.26. The first-order chi connectivity index (χ1) is 9.66. The highest BCUT2D eigenvalue weighted by molar-refractivity contribution is 9.09. The van der Waals surface area contributed by atoms with Gasteiger partial charge in [0.2, 0.25) is 0 Å². The molecule has 0 heterocycles. The topological polar surface area (TPSA) is 26.3 Å². The fraction of sp³-hybridized carbons (Fsp3) is 0.588. The van der Waals surface area contributed by atoms with Gasteiger partial charge in [-0.2, -0.15) is 0 Å². The van der Waals surface area contributed by atoms with Gasteiger partial charge in [0.15, 0.2) is 0 Å². The molecule has 1 aromatic carbocycles. The maximum absolute atomic E-state index is 12.0. The number of rotatable bonds is 9. The molecule has 0 aliphatic heterocycles. The zero-order chi connectivity index (χ0) is 14.8. The molecule has 1 rings (SSSR count). The van der Waals surface area contributed by atoms with E-state index >= 15 is 0 Å². The normalized spacial score (nSPS) is 12.2. The van der Waals surface area contributed by atoms with Gasteiger partial charge in [-0.05, 0) is 24.5 Å². The number of benzene rings is 1. The molecule has 0 radical (unpaired) electrons. The van der Waals surface area contributed by atoms with Crippen molar-refractivity contribution >= 4 is 21.9 Å². The van der Waals surface area contributed by atoms with Crippen molar-refractivity contribution in [1.29, 1.82) is 0 Å². The minimum atomic E-state index is -0.358. The largest absolute Gasteiger partial charge is 0.465 e. The van der Waals surface area contributed by atoms with E-state index in [-0.39, 0.29) is 10.8 Å². The van der Waals surface area contributed by atoms with E-state index in [0.29, 0.717) is 6.61 Å². The number of carbonyl (C=O) groups excluding carboxylic acids is 1. The Labute approximate surface area is 131 Å². The van der Waals surface area contributed by atoms with Crippen molar-refractivity contribution in [3.05, 3.63) is 35.4 Å². The molecule has 112 valence electrons. The van der Waals surface area contributed by atoms with Gasteiger partial charge in [-0.3, -0.25) is 4.79 Å². The molecule has 0 N–H and O–H groups in total. The molecule has 0 saturated carbocycles. The number of halogens is 1. The van der Waals surface area contributed by atoms with Gasteiger partial charge in [-0.1, -0.05) is 79.2 Å². The third-order valence-corrected chi connectivity index (χ3v) is 4.28. The standard InChI is InChI=1S/C17H25BrO2/c1-3-4-5-6-7-10-13-20-17(19)16(18)15-12-9-8-11-14(15)2/h8-9,11-12,16H,3-7,10,13H2,1-2H3. The average molecular weight is 341 g/mol. The SMILES string of the molecule is CCCCCCCCOC(=O)C(Br)c1ccccc1C. The number of alkyl halides is 1. The molecular weight excluding hydrogens is 316 g/mol. The van der Waals surface area contributed by atoms with Crippen molar-refractivity contribution in [3.8, 4) is 0 Å². The second-order valence-electron chi connectivity index (χ2n) is 5.15. The molecule has 0 fully saturated rings. The second-order valence-corrected chi connectivity index (χ2v) is 6.07. The summed E-state index contributed by atoms with van der Waals surface area (Å²) in [4.78, 5) is 11.6. The van der Waals surface area contributed by atoms with E-state index in [1.54, 1.807) is 0 Å². The zero-order valence-electron chi connectivity index (χ0n) is 12.5. The summed E-state index contributed by atoms with van der Waals surface area (Å²) < 4.78 is 5.33. The van der Waals surface area contributed by atoms with E-state index in [2.05, 4.69) is 22.9 Å². The van der Waals surface area contributed by atoms with Crippen LogP contribution in [0.1, 0.15) is 61.4 Å². The number of hydrogen-bond acceptors (Lipinski definition) is 2. The first kappa shape index (κ1) is 17.2. The van der Waals surface area contributed by atoms with Gasteiger partial charge in [0.25, 0.3) is 0 Å². The summed E-state index contributed by atoms with van der Waals surface area (Å²) in [7, 11) is 0. The summed E-state index contributed by atoms with van der Waals surface area (Å²) in [6.45, 7) is 4.74. The van der Waals surface area contributed by atoms with Gasteiger partial charge in [0.05, 0.1) is 6.61 Å². The molecular formula is C17H25BrO2.